The average molecular weight is 653 g/mol. The van der Waals surface area contributed by atoms with Crippen LogP contribution in [-0.2, 0) is 52.3 Å². The topological polar surface area (TPSA) is 201 Å². The molecule has 0 spiro atoms. The summed E-state index contributed by atoms with van der Waals surface area (Å²) in [5.41, 5.74) is 11.3. The highest BCUT2D eigenvalue weighted by atomic mass is 16.6. The summed E-state index contributed by atoms with van der Waals surface area (Å²) in [4.78, 5) is 33.8. The van der Waals surface area contributed by atoms with Crippen molar-refractivity contribution < 1.29 is 52.3 Å². The van der Waals surface area contributed by atoms with E-state index in [4.69, 9.17) is 49.4 Å². The van der Waals surface area contributed by atoms with Crippen molar-refractivity contribution in [2.24, 2.45) is 11.5 Å². The van der Waals surface area contributed by atoms with E-state index in [0.717, 1.165) is 19.1 Å². The number of aldehydes is 1. The number of unbranched alkanes of at least 4 members (excludes halogenated alkanes) is 1. The van der Waals surface area contributed by atoms with Crippen LogP contribution in [0, 0.1) is 0 Å². The molecule has 0 aliphatic heterocycles. The number of rotatable bonds is 37. The molecule has 0 unspecified atom stereocenters. The maximum Gasteiger partial charge on any atom is 0.236 e. The Morgan fingerprint density at radius 2 is 0.978 bits per heavy atom. The molecule has 45 heavy (non-hydrogen) atoms. The van der Waals surface area contributed by atoms with E-state index in [-0.39, 0.29) is 11.8 Å². The number of ether oxygens (including phenoxy) is 8. The van der Waals surface area contributed by atoms with Gasteiger partial charge in [-0.25, -0.2) is 0 Å². The Morgan fingerprint density at radius 1 is 0.556 bits per heavy atom. The molecule has 266 valence electrons. The molecule has 0 bridgehead atoms. The number of amides is 2. The summed E-state index contributed by atoms with van der Waals surface area (Å²) in [6.07, 6.45) is 5.32. The Hall–Kier alpha value is -1.79. The van der Waals surface area contributed by atoms with Crippen LogP contribution in [0.2, 0.25) is 0 Å². The van der Waals surface area contributed by atoms with Gasteiger partial charge in [-0.2, -0.15) is 0 Å². The number of hydrogen-bond acceptors (Lipinski definition) is 13. The molecule has 0 aliphatic carbocycles. The molecule has 6 N–H and O–H groups in total. The fraction of sp³-hybridized carbons (Fsp3) is 0.900. The second-order valence-corrected chi connectivity index (χ2v) is 9.84. The number of carbonyl (C=O) groups excluding carboxylic acids is 3. The first-order valence-electron chi connectivity index (χ1n) is 16.2. The van der Waals surface area contributed by atoms with Gasteiger partial charge in [0, 0.05) is 39.1 Å². The lowest BCUT2D eigenvalue weighted by Gasteiger charge is -2.12. The molecule has 0 radical (unpaired) electrons. The molecule has 0 aromatic carbocycles. The van der Waals surface area contributed by atoms with Crippen LogP contribution in [-0.4, -0.2) is 149 Å². The van der Waals surface area contributed by atoms with E-state index in [9.17, 15) is 14.4 Å². The van der Waals surface area contributed by atoms with Gasteiger partial charge in [-0.05, 0) is 32.2 Å². The van der Waals surface area contributed by atoms with Crippen molar-refractivity contribution in [1.29, 1.82) is 0 Å². The molecule has 15 heteroatoms. The van der Waals surface area contributed by atoms with E-state index in [1.165, 1.54) is 0 Å². The average Bonchev–Trinajstić information content (AvgIpc) is 3.04. The molecule has 0 heterocycles. The second kappa shape index (κ2) is 36.7. The molecule has 0 saturated carbocycles. The predicted molar refractivity (Wildman–Crippen MR) is 168 cm³/mol. The number of hydrogen-bond donors (Lipinski definition) is 4. The fourth-order valence-electron chi connectivity index (χ4n) is 3.47. The largest absolute Gasteiger partial charge is 0.379 e. The molecule has 0 rings (SSSR count). The lowest BCUT2D eigenvalue weighted by molar-refractivity contribution is -0.123. The van der Waals surface area contributed by atoms with Crippen LogP contribution in [0.4, 0.5) is 0 Å². The first-order valence-corrected chi connectivity index (χ1v) is 16.2. The van der Waals surface area contributed by atoms with Gasteiger partial charge in [-0.3, -0.25) is 9.59 Å². The SMILES string of the molecule is NCCCC[C@H](N)C(=O)NCCCOCCOCCOCCCNC(=O)CCOCCOCCOCCOCCOCCC=O. The van der Waals surface area contributed by atoms with Gasteiger partial charge in [0.25, 0.3) is 0 Å². The van der Waals surface area contributed by atoms with Crippen molar-refractivity contribution in [2.45, 2.75) is 51.0 Å². The predicted octanol–water partition coefficient (Wildman–Crippen LogP) is -0.433. The number of nitrogens with two attached hydrogens (primary N) is 2. The van der Waals surface area contributed by atoms with Crippen molar-refractivity contribution in [3.05, 3.63) is 0 Å². The highest BCUT2D eigenvalue weighted by Gasteiger charge is 2.11. The summed E-state index contributed by atoms with van der Waals surface area (Å²) in [7, 11) is 0. The quantitative estimate of drug-likeness (QED) is 0.0498. The minimum Gasteiger partial charge on any atom is -0.379 e. The first kappa shape index (κ1) is 43.2. The first-order chi connectivity index (χ1) is 22.1. The Bertz CT molecular complexity index is 665. The third-order valence-corrected chi connectivity index (χ3v) is 5.94. The maximum atomic E-state index is 11.9. The standard InChI is InChI=1S/C30H60N4O11/c31-8-2-1-6-28(32)30(37)34-10-4-13-39-17-21-42-20-16-38-12-3-9-33-29(36)7-15-41-19-23-44-25-27-45-26-24-43-22-18-40-14-5-11-35/h11,28H,1-10,12-27,31-32H2,(H,33,36)(H,34,37)/t28-/m0/s1. The van der Waals surface area contributed by atoms with Crippen molar-refractivity contribution in [1.82, 2.24) is 10.6 Å². The van der Waals surface area contributed by atoms with E-state index >= 15 is 0 Å². The summed E-state index contributed by atoms with van der Waals surface area (Å²) in [6.45, 7) is 9.04. The number of nitrogens with one attached hydrogen (secondary N) is 2. The van der Waals surface area contributed by atoms with Crippen molar-refractivity contribution in [3.63, 3.8) is 0 Å². The molecule has 2 amide bonds. The van der Waals surface area contributed by atoms with Crippen LogP contribution in [0.15, 0.2) is 0 Å². The molecule has 0 aliphatic rings. The highest BCUT2D eigenvalue weighted by molar-refractivity contribution is 5.81. The summed E-state index contributed by atoms with van der Waals surface area (Å²) in [5, 5.41) is 5.66. The van der Waals surface area contributed by atoms with Gasteiger partial charge < -0.3 is 64.8 Å². The highest BCUT2D eigenvalue weighted by Crippen LogP contribution is 1.98. The van der Waals surface area contributed by atoms with E-state index in [1.807, 2.05) is 0 Å². The fourth-order valence-corrected chi connectivity index (χ4v) is 3.47. The Kier molecular flexibility index (Phi) is 35.2. The molecule has 0 saturated heterocycles. The third kappa shape index (κ3) is 34.9. The zero-order chi connectivity index (χ0) is 32.9. The summed E-state index contributed by atoms with van der Waals surface area (Å²) in [5.74, 6) is -0.196. The zero-order valence-corrected chi connectivity index (χ0v) is 27.2. The zero-order valence-electron chi connectivity index (χ0n) is 27.2. The maximum absolute atomic E-state index is 11.9. The Morgan fingerprint density at radius 3 is 1.44 bits per heavy atom. The second-order valence-electron chi connectivity index (χ2n) is 9.84. The molecule has 1 atom stereocenters. The smallest absolute Gasteiger partial charge is 0.236 e. The monoisotopic (exact) mass is 652 g/mol. The normalized spacial score (nSPS) is 11.9. The molecular formula is C30H60N4O11. The van der Waals surface area contributed by atoms with E-state index in [0.29, 0.717) is 157 Å². The van der Waals surface area contributed by atoms with Crippen LogP contribution < -0.4 is 22.1 Å². The van der Waals surface area contributed by atoms with Crippen molar-refractivity contribution in [3.8, 4) is 0 Å². The molecule has 0 fully saturated rings. The van der Waals surface area contributed by atoms with E-state index in [2.05, 4.69) is 10.6 Å². The minimum absolute atomic E-state index is 0.0633. The van der Waals surface area contributed by atoms with Gasteiger partial charge in [0.2, 0.25) is 11.8 Å². The van der Waals surface area contributed by atoms with Gasteiger partial charge in [0.1, 0.15) is 6.29 Å². The van der Waals surface area contributed by atoms with Crippen LogP contribution in [0.5, 0.6) is 0 Å². The van der Waals surface area contributed by atoms with Crippen LogP contribution in [0.1, 0.15) is 44.9 Å². The van der Waals surface area contributed by atoms with Gasteiger partial charge in [-0.1, -0.05) is 6.42 Å². The molecule has 15 nitrogen and oxygen atoms in total. The summed E-state index contributed by atoms with van der Waals surface area (Å²) >= 11 is 0. The van der Waals surface area contributed by atoms with Gasteiger partial charge in [-0.15, -0.1) is 0 Å². The Labute approximate surface area is 268 Å². The Balaban J connectivity index is 3.23. The van der Waals surface area contributed by atoms with Crippen molar-refractivity contribution in [2.75, 3.05) is 125 Å². The lowest BCUT2D eigenvalue weighted by Crippen LogP contribution is -2.41. The van der Waals surface area contributed by atoms with Crippen LogP contribution in [0.3, 0.4) is 0 Å². The third-order valence-electron chi connectivity index (χ3n) is 5.94. The summed E-state index contributed by atoms with van der Waals surface area (Å²) < 4.78 is 43.2. The number of carbonyl (C=O) groups is 3. The van der Waals surface area contributed by atoms with E-state index in [1.54, 1.807) is 0 Å². The minimum atomic E-state index is -0.482. The molecular weight excluding hydrogens is 592 g/mol. The van der Waals surface area contributed by atoms with Gasteiger partial charge in [0.15, 0.2) is 0 Å². The van der Waals surface area contributed by atoms with Gasteiger partial charge >= 0.3 is 0 Å². The van der Waals surface area contributed by atoms with E-state index < -0.39 is 6.04 Å². The van der Waals surface area contributed by atoms with Gasteiger partial charge in [0.05, 0.1) is 98.5 Å². The summed E-state index contributed by atoms with van der Waals surface area (Å²) in [6, 6.07) is -0.482. The molecule has 0 aromatic rings. The molecule has 0 aromatic heterocycles. The van der Waals surface area contributed by atoms with Crippen LogP contribution in [0.25, 0.3) is 0 Å². The van der Waals surface area contributed by atoms with Crippen molar-refractivity contribution >= 4 is 18.1 Å². The lowest BCUT2D eigenvalue weighted by atomic mass is 10.1. The van der Waals surface area contributed by atoms with Crippen LogP contribution >= 0.6 is 0 Å².